The van der Waals surface area contributed by atoms with Crippen molar-refractivity contribution in [1.82, 2.24) is 9.97 Å². The van der Waals surface area contributed by atoms with Crippen LogP contribution in [0.25, 0.3) is 11.0 Å². The van der Waals surface area contributed by atoms with E-state index in [2.05, 4.69) is 15.3 Å². The van der Waals surface area contributed by atoms with Gasteiger partial charge in [-0.3, -0.25) is 0 Å². The zero-order valence-electron chi connectivity index (χ0n) is 13.1. The fourth-order valence-electron chi connectivity index (χ4n) is 2.32. The number of methoxy groups -OCH3 is 2. The molecule has 2 aromatic carbocycles. The van der Waals surface area contributed by atoms with Gasteiger partial charge < -0.3 is 14.8 Å². The first-order chi connectivity index (χ1) is 11.6. The van der Waals surface area contributed by atoms with E-state index in [-0.39, 0.29) is 10.3 Å². The predicted molar refractivity (Wildman–Crippen MR) is 96.4 cm³/mol. The van der Waals surface area contributed by atoms with Crippen LogP contribution in [-0.2, 0) is 6.54 Å². The Morgan fingerprint density at radius 1 is 0.917 bits per heavy atom. The highest BCUT2D eigenvalue weighted by molar-refractivity contribution is 6.40. The summed E-state index contributed by atoms with van der Waals surface area (Å²) in [4.78, 5) is 8.43. The summed E-state index contributed by atoms with van der Waals surface area (Å²) in [5.74, 6) is 1.51. The molecule has 0 amide bonds. The van der Waals surface area contributed by atoms with Gasteiger partial charge in [0.15, 0.2) is 10.3 Å². The minimum absolute atomic E-state index is 0.193. The number of hydrogen-bond acceptors (Lipinski definition) is 5. The molecule has 0 radical (unpaired) electrons. The van der Waals surface area contributed by atoms with Crippen molar-refractivity contribution in [1.29, 1.82) is 0 Å². The van der Waals surface area contributed by atoms with Gasteiger partial charge in [-0.25, -0.2) is 9.97 Å². The van der Waals surface area contributed by atoms with Gasteiger partial charge in [0, 0.05) is 23.9 Å². The van der Waals surface area contributed by atoms with E-state index in [4.69, 9.17) is 32.7 Å². The third-order valence-corrected chi connectivity index (χ3v) is 4.18. The first-order valence-corrected chi connectivity index (χ1v) is 7.94. The molecule has 0 spiro atoms. The van der Waals surface area contributed by atoms with Crippen molar-refractivity contribution < 1.29 is 9.47 Å². The average molecular weight is 364 g/mol. The van der Waals surface area contributed by atoms with Crippen molar-refractivity contribution in [3.63, 3.8) is 0 Å². The summed E-state index contributed by atoms with van der Waals surface area (Å²) in [5, 5.41) is 3.73. The summed E-state index contributed by atoms with van der Waals surface area (Å²) in [6, 6.07) is 11.3. The third-order valence-electron chi connectivity index (χ3n) is 3.56. The van der Waals surface area contributed by atoms with Crippen LogP contribution in [0.3, 0.4) is 0 Å². The highest BCUT2D eigenvalue weighted by Crippen LogP contribution is 2.26. The summed E-state index contributed by atoms with van der Waals surface area (Å²) in [6.07, 6.45) is 0. The zero-order valence-corrected chi connectivity index (χ0v) is 14.6. The minimum atomic E-state index is 0.193. The second kappa shape index (κ2) is 7.11. The van der Waals surface area contributed by atoms with Gasteiger partial charge in [-0.05, 0) is 30.3 Å². The standard InChI is InChI=1S/C17H15Cl2N3O2/c1-23-12-5-3-10(15(8-12)24-2)9-20-11-4-6-13-14(7-11)22-17(19)16(18)21-13/h3-8,20H,9H2,1-2H3. The molecule has 1 N–H and O–H groups in total. The van der Waals surface area contributed by atoms with Crippen LogP contribution in [0.5, 0.6) is 11.5 Å². The van der Waals surface area contributed by atoms with Crippen LogP contribution in [0.4, 0.5) is 5.69 Å². The molecule has 3 aromatic rings. The summed E-state index contributed by atoms with van der Waals surface area (Å²) in [7, 11) is 3.26. The highest BCUT2D eigenvalue weighted by Gasteiger charge is 2.07. The molecule has 0 fully saturated rings. The molecule has 3 rings (SSSR count). The third kappa shape index (κ3) is 3.47. The maximum absolute atomic E-state index is 5.93. The van der Waals surface area contributed by atoms with Gasteiger partial charge in [-0.2, -0.15) is 0 Å². The molecule has 0 aliphatic heterocycles. The molecule has 0 saturated heterocycles. The van der Waals surface area contributed by atoms with Crippen molar-refractivity contribution in [2.24, 2.45) is 0 Å². The number of anilines is 1. The number of nitrogens with zero attached hydrogens (tertiary/aromatic N) is 2. The molecule has 0 atom stereocenters. The minimum Gasteiger partial charge on any atom is -0.497 e. The van der Waals surface area contributed by atoms with Gasteiger partial charge in [-0.15, -0.1) is 0 Å². The molecular weight excluding hydrogens is 349 g/mol. The van der Waals surface area contributed by atoms with Crippen LogP contribution in [0.2, 0.25) is 10.3 Å². The molecule has 0 saturated carbocycles. The Balaban J connectivity index is 1.82. The fraction of sp³-hybridized carbons (Fsp3) is 0.176. The molecule has 1 aromatic heterocycles. The Morgan fingerprint density at radius 2 is 1.67 bits per heavy atom. The maximum atomic E-state index is 5.93. The molecule has 124 valence electrons. The van der Waals surface area contributed by atoms with Gasteiger partial charge in [0.25, 0.3) is 0 Å². The smallest absolute Gasteiger partial charge is 0.167 e. The Bertz CT molecular complexity index is 887. The average Bonchev–Trinajstić information content (AvgIpc) is 2.60. The second-order valence-electron chi connectivity index (χ2n) is 5.04. The normalized spacial score (nSPS) is 10.7. The van der Waals surface area contributed by atoms with Gasteiger partial charge in [0.1, 0.15) is 11.5 Å². The van der Waals surface area contributed by atoms with Crippen molar-refractivity contribution in [3.05, 3.63) is 52.3 Å². The lowest BCUT2D eigenvalue weighted by Crippen LogP contribution is -2.02. The van der Waals surface area contributed by atoms with Crippen LogP contribution in [0.15, 0.2) is 36.4 Å². The first kappa shape index (κ1) is 16.6. The van der Waals surface area contributed by atoms with Gasteiger partial charge >= 0.3 is 0 Å². The van der Waals surface area contributed by atoms with Crippen molar-refractivity contribution >= 4 is 39.9 Å². The molecule has 0 bridgehead atoms. The van der Waals surface area contributed by atoms with Crippen LogP contribution in [-0.4, -0.2) is 24.2 Å². The number of nitrogens with one attached hydrogen (secondary N) is 1. The number of halogens is 2. The summed E-state index contributed by atoms with van der Waals surface area (Å²) < 4.78 is 10.6. The lowest BCUT2D eigenvalue weighted by atomic mass is 10.2. The van der Waals surface area contributed by atoms with E-state index in [0.717, 1.165) is 22.7 Å². The van der Waals surface area contributed by atoms with E-state index in [1.165, 1.54) is 0 Å². The number of aromatic nitrogens is 2. The molecule has 7 heteroatoms. The largest absolute Gasteiger partial charge is 0.497 e. The van der Waals surface area contributed by atoms with E-state index in [1.807, 2.05) is 36.4 Å². The van der Waals surface area contributed by atoms with Crippen molar-refractivity contribution in [2.45, 2.75) is 6.54 Å². The van der Waals surface area contributed by atoms with E-state index >= 15 is 0 Å². The molecule has 1 heterocycles. The predicted octanol–water partition coefficient (Wildman–Crippen LogP) is 4.57. The highest BCUT2D eigenvalue weighted by atomic mass is 35.5. The van der Waals surface area contributed by atoms with Crippen LogP contribution >= 0.6 is 23.2 Å². The van der Waals surface area contributed by atoms with Crippen LogP contribution < -0.4 is 14.8 Å². The summed E-state index contributed by atoms with van der Waals surface area (Å²) in [5.41, 5.74) is 3.28. The lowest BCUT2D eigenvalue weighted by Gasteiger charge is -2.12. The van der Waals surface area contributed by atoms with Gasteiger partial charge in [-0.1, -0.05) is 23.2 Å². The molecule has 24 heavy (non-hydrogen) atoms. The molecule has 0 aliphatic rings. The maximum Gasteiger partial charge on any atom is 0.167 e. The second-order valence-corrected chi connectivity index (χ2v) is 5.76. The van der Waals surface area contributed by atoms with E-state index in [9.17, 15) is 0 Å². The van der Waals surface area contributed by atoms with Crippen molar-refractivity contribution in [2.75, 3.05) is 19.5 Å². The molecular formula is C17H15Cl2N3O2. The van der Waals surface area contributed by atoms with E-state index in [1.54, 1.807) is 14.2 Å². The summed E-state index contributed by atoms with van der Waals surface area (Å²) >= 11 is 11.8. The molecule has 5 nitrogen and oxygen atoms in total. The topological polar surface area (TPSA) is 56.3 Å². The zero-order chi connectivity index (χ0) is 17.1. The van der Waals surface area contributed by atoms with Gasteiger partial charge in [0.05, 0.1) is 25.3 Å². The number of hydrogen-bond donors (Lipinski definition) is 1. The lowest BCUT2D eigenvalue weighted by molar-refractivity contribution is 0.391. The first-order valence-electron chi connectivity index (χ1n) is 7.18. The fourth-order valence-corrected chi connectivity index (χ4v) is 2.58. The number of benzene rings is 2. The Hall–Kier alpha value is -2.24. The van der Waals surface area contributed by atoms with Gasteiger partial charge in [0.2, 0.25) is 0 Å². The number of rotatable bonds is 5. The van der Waals surface area contributed by atoms with Crippen LogP contribution in [0, 0.1) is 0 Å². The van der Waals surface area contributed by atoms with E-state index < -0.39 is 0 Å². The quantitative estimate of drug-likeness (QED) is 0.719. The molecule has 0 aliphatic carbocycles. The van der Waals surface area contributed by atoms with E-state index in [0.29, 0.717) is 17.6 Å². The Labute approximate surface area is 149 Å². The monoisotopic (exact) mass is 363 g/mol. The number of ether oxygens (including phenoxy) is 2. The number of fused-ring (bicyclic) bond motifs is 1. The SMILES string of the molecule is COc1ccc(CNc2ccc3nc(Cl)c(Cl)nc3c2)c(OC)c1. The summed E-state index contributed by atoms with van der Waals surface area (Å²) in [6.45, 7) is 0.591. The molecule has 0 unspecified atom stereocenters. The Morgan fingerprint density at radius 3 is 2.38 bits per heavy atom. The van der Waals surface area contributed by atoms with Crippen LogP contribution in [0.1, 0.15) is 5.56 Å². The van der Waals surface area contributed by atoms with Crippen molar-refractivity contribution in [3.8, 4) is 11.5 Å². The Kier molecular flexibility index (Phi) is 4.92.